The first-order chi connectivity index (χ1) is 16.7. The molecule has 2 aliphatic heterocycles. The molecule has 1 aromatic rings. The second-order valence-corrected chi connectivity index (χ2v) is 15.4. The second kappa shape index (κ2) is 12.1. The first kappa shape index (κ1) is 28.1. The minimum Gasteiger partial charge on any atom is -0.428 e. The fourth-order valence-corrected chi connectivity index (χ4v) is 8.74. The number of likely N-dealkylation sites (N-methyl/N-ethyl adjacent to an activating group) is 1. The van der Waals surface area contributed by atoms with Crippen LogP contribution < -0.4 is 5.00 Å². The largest absolute Gasteiger partial charge is 0.428 e. The van der Waals surface area contributed by atoms with Crippen molar-refractivity contribution < 1.29 is 18.5 Å². The molecule has 1 N–H and O–H groups in total. The van der Waals surface area contributed by atoms with Crippen LogP contribution in [-0.2, 0) is 25.1 Å². The van der Waals surface area contributed by atoms with E-state index in [2.05, 4.69) is 42.6 Å². The normalized spacial score (nSPS) is 23.3. The number of nitrogens with one attached hydrogen (secondary N) is 1. The zero-order valence-corrected chi connectivity index (χ0v) is 24.2. The van der Waals surface area contributed by atoms with Crippen molar-refractivity contribution in [2.75, 3.05) is 20.1 Å². The van der Waals surface area contributed by atoms with Crippen molar-refractivity contribution in [2.24, 2.45) is 11.8 Å². The number of carbonyl (C=O) groups is 2. The van der Waals surface area contributed by atoms with Gasteiger partial charge >= 0.3 is 5.97 Å². The Morgan fingerprint density at radius 1 is 1.34 bits per heavy atom. The van der Waals surface area contributed by atoms with E-state index in [-0.39, 0.29) is 38.8 Å². The first-order valence-electron chi connectivity index (χ1n) is 12.7. The van der Waals surface area contributed by atoms with Gasteiger partial charge in [-0.15, -0.1) is 0 Å². The summed E-state index contributed by atoms with van der Waals surface area (Å²) in [6.45, 7) is 13.0. The minimum absolute atomic E-state index is 0.0173. The number of amides is 1. The maximum Gasteiger partial charge on any atom is 0.358 e. The number of fused-ring (bicyclic) bond motifs is 1. The van der Waals surface area contributed by atoms with Gasteiger partial charge in [0.2, 0.25) is 5.91 Å². The van der Waals surface area contributed by atoms with Gasteiger partial charge in [-0.3, -0.25) is 4.79 Å². The maximum atomic E-state index is 13.5. The van der Waals surface area contributed by atoms with Gasteiger partial charge in [0.05, 0.1) is 24.4 Å². The van der Waals surface area contributed by atoms with Gasteiger partial charge in [0, 0.05) is 37.9 Å². The number of rotatable bonds is 14. The number of β-lactam (4-membered cyclic amide) rings is 1. The average molecular weight is 521 g/mol. The second-order valence-electron chi connectivity index (χ2n) is 9.73. The molecule has 194 valence electrons. The highest BCUT2D eigenvalue weighted by Gasteiger charge is 2.60. The Balaban J connectivity index is 1.80. The van der Waals surface area contributed by atoms with E-state index in [4.69, 9.17) is 8.95 Å². The molecule has 0 saturated carbocycles. The summed E-state index contributed by atoms with van der Waals surface area (Å²) in [4.78, 5) is 37.4. The molecular weight excluding hydrogens is 480 g/mol. The zero-order chi connectivity index (χ0) is 25.8. The molecule has 2 aliphatic rings. The number of hydrogen-bond donors (Lipinski definition) is 1. The lowest BCUT2D eigenvalue weighted by Gasteiger charge is -2.49. The Morgan fingerprint density at radius 2 is 2.03 bits per heavy atom. The smallest absolute Gasteiger partial charge is 0.358 e. The molecule has 1 aromatic heterocycles. The number of aromatic nitrogens is 2. The van der Waals surface area contributed by atoms with E-state index in [9.17, 15) is 9.59 Å². The number of carbonyl (C=O) groups excluding carboxylic acids is 2. The van der Waals surface area contributed by atoms with Gasteiger partial charge in [-0.2, -0.15) is 0 Å². The lowest BCUT2D eigenvalue weighted by Crippen LogP contribution is -2.65. The van der Waals surface area contributed by atoms with Gasteiger partial charge in [-0.05, 0) is 37.7 Å². The van der Waals surface area contributed by atoms with Crippen molar-refractivity contribution in [2.45, 2.75) is 71.4 Å². The highest BCUT2D eigenvalue weighted by molar-refractivity contribution is 7.32. The molecule has 0 spiro atoms. The molecule has 12 heteroatoms. The van der Waals surface area contributed by atoms with Crippen molar-refractivity contribution >= 4 is 37.1 Å². The van der Waals surface area contributed by atoms with E-state index >= 15 is 0 Å². The number of hydrogen-bond acceptors (Lipinski definition) is 7. The molecule has 3 rings (SSSR count). The summed E-state index contributed by atoms with van der Waals surface area (Å²) in [5.41, 5.74) is 1.40. The van der Waals surface area contributed by atoms with Crippen molar-refractivity contribution in [3.8, 4) is 0 Å². The highest BCUT2D eigenvalue weighted by Crippen LogP contribution is 2.49. The van der Waals surface area contributed by atoms with E-state index < -0.39 is 14.3 Å². The summed E-state index contributed by atoms with van der Waals surface area (Å²) < 4.78 is 14.2. The van der Waals surface area contributed by atoms with Crippen LogP contribution in [0.25, 0.3) is 0 Å². The fourth-order valence-electron chi connectivity index (χ4n) is 5.52. The van der Waals surface area contributed by atoms with Crippen LogP contribution in [0.1, 0.15) is 34.6 Å². The maximum absolute atomic E-state index is 13.5. The van der Waals surface area contributed by atoms with Gasteiger partial charge in [-0.25, -0.2) is 9.78 Å². The van der Waals surface area contributed by atoms with Crippen molar-refractivity contribution in [3.05, 3.63) is 30.0 Å². The van der Waals surface area contributed by atoms with Crippen LogP contribution in [0.15, 0.2) is 30.0 Å². The molecule has 9 nitrogen and oxygen atoms in total. The zero-order valence-electron chi connectivity index (χ0n) is 22.2. The average Bonchev–Trinajstić information content (AvgIpc) is 3.45. The summed E-state index contributed by atoms with van der Waals surface area (Å²) in [6, 6.07) is 3.07. The SMILES string of the molecule is BNPOC(=O)C1=C(CN(C)CCn2ccnc2)[C@H](C)[C@@H]2[C@@H]([C@@H](C)O[Si](CC)(CC)CC)C(=O)N12. The predicted molar refractivity (Wildman–Crippen MR) is 144 cm³/mol. The lowest BCUT2D eigenvalue weighted by atomic mass is 9.77. The summed E-state index contributed by atoms with van der Waals surface area (Å²) in [5, 5.41) is 0. The van der Waals surface area contributed by atoms with Crippen LogP contribution >= 0.6 is 8.96 Å². The summed E-state index contributed by atoms with van der Waals surface area (Å²) >= 11 is 0. The topological polar surface area (TPSA) is 88.9 Å². The first-order valence-corrected chi connectivity index (χ1v) is 16.2. The third-order valence-electron chi connectivity index (χ3n) is 7.85. The van der Waals surface area contributed by atoms with E-state index in [1.54, 1.807) is 25.4 Å². The Hall–Kier alpha value is -1.52. The molecule has 0 radical (unpaired) electrons. The van der Waals surface area contributed by atoms with Crippen molar-refractivity contribution in [1.29, 1.82) is 0 Å². The third-order valence-corrected chi connectivity index (χ3v) is 13.1. The molecule has 5 atom stereocenters. The van der Waals surface area contributed by atoms with Gasteiger partial charge in [0.25, 0.3) is 0 Å². The predicted octanol–water partition coefficient (Wildman–Crippen LogP) is 2.15. The van der Waals surface area contributed by atoms with E-state index in [0.717, 1.165) is 36.8 Å². The van der Waals surface area contributed by atoms with Crippen LogP contribution in [0, 0.1) is 11.8 Å². The Kier molecular flexibility index (Phi) is 9.74. The standard InChI is InChI=1S/C23H41BN5O4PSi/c1-7-35(8-2,9-3)33-17(5)19-20-16(4)18(14-27(6)12-13-28-11-10-25-15-28)21(29(20)22(19)30)23(31)32-34-26-24/h10-11,15-17,19-20,26,34H,7-9,12-14,24H2,1-6H3/t16-,17+,19+,20+/m0/s1. The monoisotopic (exact) mass is 521 g/mol. The van der Waals surface area contributed by atoms with Crippen molar-refractivity contribution in [1.82, 2.24) is 24.3 Å². The van der Waals surface area contributed by atoms with Gasteiger partial charge in [0.1, 0.15) is 14.7 Å². The van der Waals surface area contributed by atoms with Gasteiger partial charge in [-0.1, -0.05) is 27.7 Å². The Morgan fingerprint density at radius 3 is 2.60 bits per heavy atom. The summed E-state index contributed by atoms with van der Waals surface area (Å²) in [7, 11) is 1.77. The van der Waals surface area contributed by atoms with Gasteiger partial charge < -0.3 is 28.3 Å². The van der Waals surface area contributed by atoms with Crippen LogP contribution in [0.2, 0.25) is 18.1 Å². The molecule has 1 unspecified atom stereocenters. The third kappa shape index (κ3) is 5.74. The van der Waals surface area contributed by atoms with Crippen LogP contribution in [0.5, 0.6) is 0 Å². The Labute approximate surface area is 213 Å². The molecule has 0 aliphatic carbocycles. The molecular formula is C23H41BN5O4PSi. The summed E-state index contributed by atoms with van der Waals surface area (Å²) in [5.74, 6) is -0.619. The van der Waals surface area contributed by atoms with Gasteiger partial charge in [0.15, 0.2) is 16.3 Å². The number of nitrogens with zero attached hydrogens (tertiary/aromatic N) is 4. The quantitative estimate of drug-likeness (QED) is 0.228. The van der Waals surface area contributed by atoms with Crippen LogP contribution in [0.4, 0.5) is 0 Å². The molecule has 35 heavy (non-hydrogen) atoms. The summed E-state index contributed by atoms with van der Waals surface area (Å²) in [6.07, 6.45) is 5.35. The Bertz CT molecular complexity index is 905. The van der Waals surface area contributed by atoms with E-state index in [1.165, 1.54) is 0 Å². The fraction of sp³-hybridized carbons (Fsp3) is 0.696. The lowest BCUT2D eigenvalue weighted by molar-refractivity contribution is -0.161. The molecule has 1 fully saturated rings. The van der Waals surface area contributed by atoms with E-state index in [1.807, 2.05) is 24.7 Å². The molecule has 1 amide bonds. The highest BCUT2D eigenvalue weighted by atomic mass is 31.1. The van der Waals surface area contributed by atoms with Crippen molar-refractivity contribution in [3.63, 3.8) is 0 Å². The molecule has 0 bridgehead atoms. The molecule has 1 saturated heterocycles. The molecule has 3 heterocycles. The minimum atomic E-state index is -1.86. The molecule has 0 aromatic carbocycles. The van der Waals surface area contributed by atoms with E-state index in [0.29, 0.717) is 12.2 Å². The number of imidazole rings is 1. The van der Waals surface area contributed by atoms with Crippen LogP contribution in [0.3, 0.4) is 0 Å². The van der Waals surface area contributed by atoms with Crippen LogP contribution in [-0.4, -0.2) is 79.8 Å².